The van der Waals surface area contributed by atoms with Crippen molar-refractivity contribution in [2.75, 3.05) is 6.54 Å². The van der Waals surface area contributed by atoms with Crippen LogP contribution in [-0.4, -0.2) is 43.8 Å². The summed E-state index contributed by atoms with van der Waals surface area (Å²) in [5.74, 6) is -0.954. The average molecular weight is 657 g/mol. The van der Waals surface area contributed by atoms with Crippen LogP contribution < -0.4 is 0 Å². The highest BCUT2D eigenvalue weighted by Crippen LogP contribution is 2.48. The minimum atomic E-state index is -4.09. The third-order valence-electron chi connectivity index (χ3n) is 9.55. The fourth-order valence-corrected chi connectivity index (χ4v) is 10.3. The summed E-state index contributed by atoms with van der Waals surface area (Å²) < 4.78 is 60.9. The third kappa shape index (κ3) is 5.97. The largest absolute Gasteiger partial charge is 0.299 e. The molecule has 2 aliphatic rings. The number of carbonyl (C=O) groups is 1. The third-order valence-corrected chi connectivity index (χ3v) is 13.4. The Morgan fingerprint density at radius 1 is 0.630 bits per heavy atom. The Morgan fingerprint density at radius 3 is 1.61 bits per heavy atom. The maximum Gasteiger partial charge on any atom is 0.243 e. The van der Waals surface area contributed by atoms with Crippen LogP contribution in [0.2, 0.25) is 0 Å². The number of ketones is 1. The molecule has 0 unspecified atom stereocenters. The maximum absolute atomic E-state index is 14.7. The summed E-state index contributed by atoms with van der Waals surface area (Å²) >= 11 is 0. The van der Waals surface area contributed by atoms with Crippen molar-refractivity contribution < 1.29 is 21.6 Å². The molecule has 4 atom stereocenters. The lowest BCUT2D eigenvalue weighted by atomic mass is 9.77. The molecule has 0 radical (unpaired) electrons. The van der Waals surface area contributed by atoms with Gasteiger partial charge < -0.3 is 0 Å². The van der Waals surface area contributed by atoms with Crippen molar-refractivity contribution in [3.63, 3.8) is 0 Å². The second-order valence-corrected chi connectivity index (χ2v) is 16.4. The summed E-state index contributed by atoms with van der Waals surface area (Å²) in [6.07, 6.45) is 0.939. The normalized spacial score (nSPS) is 22.8. The fraction of sp³-hybridized carbons (Fsp3) is 0.324. The van der Waals surface area contributed by atoms with Crippen LogP contribution in [0, 0.1) is 26.7 Å². The van der Waals surface area contributed by atoms with E-state index < -0.39 is 44.1 Å². The molecule has 2 aliphatic heterocycles. The van der Waals surface area contributed by atoms with Crippen molar-refractivity contribution >= 4 is 25.8 Å². The molecule has 0 saturated carbocycles. The Kier molecular flexibility index (Phi) is 8.80. The summed E-state index contributed by atoms with van der Waals surface area (Å²) in [5, 5.41) is 0. The number of Topliss-reactive ketones (excluding diaryl/α,β-unsaturated/α-hetero) is 1. The Hall–Kier alpha value is -3.63. The zero-order valence-electron chi connectivity index (χ0n) is 26.6. The number of sulfonamides is 2. The zero-order valence-corrected chi connectivity index (χ0v) is 28.3. The van der Waals surface area contributed by atoms with Crippen molar-refractivity contribution in [3.8, 4) is 0 Å². The van der Waals surface area contributed by atoms with Crippen LogP contribution in [0.5, 0.6) is 0 Å². The Morgan fingerprint density at radius 2 is 1.09 bits per heavy atom. The van der Waals surface area contributed by atoms with Gasteiger partial charge in [0.25, 0.3) is 0 Å². The SMILES string of the molecule is CCc1ccc([C@@H]2CC(=O)[C@@H]3CN(S(=O)(=O)c4ccc(C)cc4)[C@H](c4ccc(C)cc4)C[C@@H]3N2S(=O)(=O)c2ccc(C)cc2)cc1. The van der Waals surface area contributed by atoms with E-state index >= 15 is 0 Å². The topological polar surface area (TPSA) is 91.8 Å². The number of fused-ring (bicyclic) bond motifs is 1. The molecule has 6 rings (SSSR count). The number of hydrogen-bond acceptors (Lipinski definition) is 5. The second kappa shape index (κ2) is 12.5. The van der Waals surface area contributed by atoms with Gasteiger partial charge in [-0.25, -0.2) is 16.8 Å². The lowest BCUT2D eigenvalue weighted by Gasteiger charge is -2.51. The molecule has 0 bridgehead atoms. The van der Waals surface area contributed by atoms with E-state index in [2.05, 4.69) is 6.92 Å². The highest BCUT2D eigenvalue weighted by Gasteiger charge is 2.54. The minimum absolute atomic E-state index is 0.0364. The molecule has 2 fully saturated rings. The lowest BCUT2D eigenvalue weighted by Crippen LogP contribution is -2.60. The van der Waals surface area contributed by atoms with E-state index in [0.29, 0.717) is 0 Å². The van der Waals surface area contributed by atoms with E-state index in [9.17, 15) is 21.6 Å². The predicted molar refractivity (Wildman–Crippen MR) is 179 cm³/mol. The average Bonchev–Trinajstić information content (AvgIpc) is 3.05. The van der Waals surface area contributed by atoms with Crippen LogP contribution in [0.15, 0.2) is 107 Å². The number of carbonyl (C=O) groups excluding carboxylic acids is 1. The number of piperidine rings is 2. The Labute approximate surface area is 273 Å². The first-order valence-corrected chi connectivity index (χ1v) is 18.6. The van der Waals surface area contributed by atoms with Gasteiger partial charge in [-0.3, -0.25) is 4.79 Å². The predicted octanol–water partition coefficient (Wildman–Crippen LogP) is 6.70. The van der Waals surface area contributed by atoms with Crippen molar-refractivity contribution in [2.24, 2.45) is 5.92 Å². The highest BCUT2D eigenvalue weighted by molar-refractivity contribution is 7.89. The first kappa shape index (κ1) is 32.3. The first-order valence-electron chi connectivity index (χ1n) is 15.8. The van der Waals surface area contributed by atoms with Crippen LogP contribution in [-0.2, 0) is 31.3 Å². The van der Waals surface area contributed by atoms with Crippen LogP contribution in [0.4, 0.5) is 0 Å². The molecule has 9 heteroatoms. The molecule has 0 aromatic heterocycles. The number of rotatable bonds is 7. The summed E-state index contributed by atoms with van der Waals surface area (Å²) in [5.41, 5.74) is 5.52. The highest BCUT2D eigenvalue weighted by atomic mass is 32.2. The van der Waals surface area contributed by atoms with Gasteiger partial charge in [-0.15, -0.1) is 0 Å². The van der Waals surface area contributed by atoms with Crippen LogP contribution in [0.25, 0.3) is 0 Å². The summed E-state index contributed by atoms with van der Waals surface area (Å²) in [7, 11) is -8.13. The maximum atomic E-state index is 14.7. The smallest absolute Gasteiger partial charge is 0.243 e. The molecular weight excluding hydrogens is 617 g/mol. The summed E-state index contributed by atoms with van der Waals surface area (Å²) in [6, 6.07) is 26.8. The van der Waals surface area contributed by atoms with Crippen molar-refractivity contribution in [2.45, 2.75) is 74.9 Å². The molecule has 4 aromatic rings. The molecule has 0 aliphatic carbocycles. The lowest BCUT2D eigenvalue weighted by molar-refractivity contribution is -0.132. The first-order chi connectivity index (χ1) is 21.9. The van der Waals surface area contributed by atoms with Crippen LogP contribution in [0.1, 0.15) is 65.2 Å². The van der Waals surface area contributed by atoms with Crippen molar-refractivity contribution in [1.82, 2.24) is 8.61 Å². The standard InChI is InChI=1S/C37H40N2O5S2/c1-5-28-12-16-30(17-13-28)35-23-37(40)33-24-38(45(41,42)31-18-8-26(3)9-19-31)34(29-14-6-25(2)7-15-29)22-36(33)39(35)46(43,44)32-20-10-27(4)11-21-32/h6-21,33-36H,5,22-24H2,1-4H3/t33-,34+,35+,36+/m1/s1. The van der Waals surface area contributed by atoms with Gasteiger partial charge in [0.1, 0.15) is 5.78 Å². The van der Waals surface area contributed by atoms with Gasteiger partial charge in [-0.2, -0.15) is 8.61 Å². The number of aryl methyl sites for hydroxylation is 4. The molecule has 0 amide bonds. The second-order valence-electron chi connectivity index (χ2n) is 12.7. The minimum Gasteiger partial charge on any atom is -0.299 e. The monoisotopic (exact) mass is 656 g/mol. The quantitative estimate of drug-likeness (QED) is 0.221. The summed E-state index contributed by atoms with van der Waals surface area (Å²) in [6.45, 7) is 7.71. The van der Waals surface area contributed by atoms with Gasteiger partial charge in [0.05, 0.1) is 21.9 Å². The van der Waals surface area contributed by atoms with Crippen molar-refractivity contribution in [3.05, 3.63) is 130 Å². The Balaban J connectivity index is 1.50. The number of benzene rings is 4. The van der Waals surface area contributed by atoms with E-state index in [0.717, 1.165) is 39.8 Å². The molecule has 0 N–H and O–H groups in total. The fourth-order valence-electron chi connectivity index (χ4n) is 6.83. The van der Waals surface area contributed by atoms with E-state index in [1.54, 1.807) is 48.5 Å². The van der Waals surface area contributed by atoms with E-state index in [4.69, 9.17) is 0 Å². The zero-order chi connectivity index (χ0) is 32.8. The van der Waals surface area contributed by atoms with Gasteiger partial charge in [0.15, 0.2) is 0 Å². The summed E-state index contributed by atoms with van der Waals surface area (Å²) in [4.78, 5) is 14.4. The van der Waals surface area contributed by atoms with Gasteiger partial charge in [-0.05, 0) is 74.6 Å². The molecule has 2 saturated heterocycles. The van der Waals surface area contributed by atoms with Gasteiger partial charge in [0, 0.05) is 24.9 Å². The van der Waals surface area contributed by atoms with Crippen molar-refractivity contribution in [1.29, 1.82) is 0 Å². The molecule has 0 spiro atoms. The molecule has 7 nitrogen and oxygen atoms in total. The Bertz CT molecular complexity index is 1940. The van der Waals surface area contributed by atoms with E-state index in [1.165, 1.54) is 8.61 Å². The van der Waals surface area contributed by atoms with E-state index in [1.807, 2.05) is 69.3 Å². The number of hydrogen-bond donors (Lipinski definition) is 0. The van der Waals surface area contributed by atoms with Crippen LogP contribution >= 0.6 is 0 Å². The van der Waals surface area contributed by atoms with Gasteiger partial charge in [-0.1, -0.05) is 96.4 Å². The van der Waals surface area contributed by atoms with Gasteiger partial charge in [0.2, 0.25) is 20.0 Å². The molecule has 4 aromatic carbocycles. The molecular formula is C37H40N2O5S2. The van der Waals surface area contributed by atoms with E-state index in [-0.39, 0.29) is 35.0 Å². The molecule has 46 heavy (non-hydrogen) atoms. The molecule has 240 valence electrons. The number of nitrogens with zero attached hydrogens (tertiary/aromatic N) is 2. The molecule has 2 heterocycles. The van der Waals surface area contributed by atoms with Gasteiger partial charge >= 0.3 is 0 Å². The van der Waals surface area contributed by atoms with Crippen LogP contribution in [0.3, 0.4) is 0 Å².